The lowest BCUT2D eigenvalue weighted by molar-refractivity contribution is -0.113. The minimum atomic E-state index is -0.259. The fourth-order valence-electron chi connectivity index (χ4n) is 2.19. The van der Waals surface area contributed by atoms with Crippen molar-refractivity contribution in [3.63, 3.8) is 0 Å². The zero-order valence-corrected chi connectivity index (χ0v) is 18.9. The molecule has 10 nitrogen and oxygen atoms in total. The second-order valence-electron chi connectivity index (χ2n) is 8.85. The predicted octanol–water partition coefficient (Wildman–Crippen LogP) is 1.88. The van der Waals surface area contributed by atoms with Crippen LogP contribution in [0.25, 0.3) is 0 Å². The number of carbonyl (C=O) groups excluding carboxylic acids is 2. The van der Waals surface area contributed by atoms with Crippen LogP contribution < -0.4 is 15.6 Å². The molecule has 3 aliphatic rings. The highest BCUT2D eigenvalue weighted by molar-refractivity contribution is 5.93. The van der Waals surface area contributed by atoms with E-state index < -0.39 is 0 Å². The van der Waals surface area contributed by atoms with E-state index in [4.69, 9.17) is 9.84 Å². The molecule has 0 unspecified atom stereocenters. The van der Waals surface area contributed by atoms with Crippen LogP contribution >= 0.6 is 0 Å². The average Bonchev–Trinajstić information content (AvgIpc) is 3.39. The van der Waals surface area contributed by atoms with E-state index in [1.807, 2.05) is 6.07 Å². The van der Waals surface area contributed by atoms with Crippen molar-refractivity contribution in [2.45, 2.75) is 46.5 Å². The number of rotatable bonds is 4. The van der Waals surface area contributed by atoms with Crippen LogP contribution in [0.2, 0.25) is 0 Å². The summed E-state index contributed by atoms with van der Waals surface area (Å²) in [5, 5.41) is 20.1. The van der Waals surface area contributed by atoms with Crippen molar-refractivity contribution >= 4 is 11.7 Å². The molecule has 0 radical (unpaired) electrons. The molecule has 176 valence electrons. The van der Waals surface area contributed by atoms with Gasteiger partial charge in [-0.15, -0.1) is 0 Å². The van der Waals surface area contributed by atoms with Gasteiger partial charge in [0, 0.05) is 43.5 Å². The third-order valence-electron chi connectivity index (χ3n) is 5.25. The molecule has 2 aromatic heterocycles. The fraction of sp³-hybridized carbons (Fsp3) is 0.545. The summed E-state index contributed by atoms with van der Waals surface area (Å²) in [7, 11) is 0. The highest BCUT2D eigenvalue weighted by Gasteiger charge is 2.38. The van der Waals surface area contributed by atoms with Crippen LogP contribution in [0.15, 0.2) is 41.6 Å². The summed E-state index contributed by atoms with van der Waals surface area (Å²) in [5.41, 5.74) is 0.538. The van der Waals surface area contributed by atoms with Crippen LogP contribution in [0.5, 0.6) is 5.88 Å². The molecule has 32 heavy (non-hydrogen) atoms. The van der Waals surface area contributed by atoms with Crippen LogP contribution in [-0.4, -0.2) is 56.5 Å². The first-order valence-electron chi connectivity index (χ1n) is 10.6. The molecule has 5 rings (SSSR count). The summed E-state index contributed by atoms with van der Waals surface area (Å²) in [6, 6.07) is 3.13. The average molecular weight is 448 g/mol. The van der Waals surface area contributed by atoms with Gasteiger partial charge in [0.2, 0.25) is 11.8 Å². The summed E-state index contributed by atoms with van der Waals surface area (Å²) in [6.07, 6.45) is 11.3. The van der Waals surface area contributed by atoms with Gasteiger partial charge in [-0.05, 0) is 37.2 Å². The van der Waals surface area contributed by atoms with Gasteiger partial charge in [0.1, 0.15) is 0 Å². The normalized spacial score (nSPS) is 17.9. The number of aliphatic hydroxyl groups excluding tert-OH is 1. The van der Waals surface area contributed by atoms with Gasteiger partial charge in [-0.2, -0.15) is 5.10 Å². The van der Waals surface area contributed by atoms with Crippen LogP contribution in [0.1, 0.15) is 51.2 Å². The maximum absolute atomic E-state index is 10.5. The molecule has 4 N–H and O–H groups in total. The number of ether oxygens (including phenoxy) is 1. The van der Waals surface area contributed by atoms with Crippen LogP contribution in [0, 0.1) is 10.8 Å². The summed E-state index contributed by atoms with van der Waals surface area (Å²) in [6.45, 7) is 7.40. The van der Waals surface area contributed by atoms with E-state index in [0.717, 1.165) is 17.2 Å². The number of nitrogens with one attached hydrogen (secondary N) is 3. The molecule has 0 spiro atoms. The lowest BCUT2D eigenvalue weighted by Gasteiger charge is -2.07. The van der Waals surface area contributed by atoms with E-state index in [0.29, 0.717) is 24.0 Å². The molecule has 1 aliphatic heterocycles. The molecule has 0 amide bonds. The minimum Gasteiger partial charge on any atom is -0.477 e. The topological polar surface area (TPSA) is 142 Å². The molecule has 0 saturated heterocycles. The highest BCUT2D eigenvalue weighted by Crippen LogP contribution is 2.45. The van der Waals surface area contributed by atoms with Gasteiger partial charge in [0.25, 0.3) is 5.56 Å². The Labute approximate surface area is 187 Å². The third kappa shape index (κ3) is 9.78. The molecule has 2 aliphatic carbocycles. The van der Waals surface area contributed by atoms with Crippen molar-refractivity contribution in [2.24, 2.45) is 10.8 Å². The zero-order chi connectivity index (χ0) is 23.6. The molecule has 2 saturated carbocycles. The summed E-state index contributed by atoms with van der Waals surface area (Å²) in [5.74, 6) is 0.741. The van der Waals surface area contributed by atoms with E-state index in [9.17, 15) is 14.4 Å². The number of hydrogen-bond donors (Lipinski definition) is 4. The molecule has 0 atom stereocenters. The molecule has 0 bridgehead atoms. The Hall–Kier alpha value is -3.14. The molecular weight excluding hydrogens is 414 g/mol. The summed E-state index contributed by atoms with van der Waals surface area (Å²) >= 11 is 0. The smallest absolute Gasteiger partial charge is 0.264 e. The first-order valence-corrected chi connectivity index (χ1v) is 10.6. The molecule has 3 heterocycles. The Bertz CT molecular complexity index is 936. The second kappa shape index (κ2) is 11.5. The number of ketones is 1. The zero-order valence-electron chi connectivity index (χ0n) is 18.9. The minimum absolute atomic E-state index is 0.162. The largest absolute Gasteiger partial charge is 0.477 e. The first kappa shape index (κ1) is 25.1. The molecule has 10 heteroatoms. The second-order valence-corrected chi connectivity index (χ2v) is 8.85. The van der Waals surface area contributed by atoms with E-state index >= 15 is 0 Å². The van der Waals surface area contributed by atoms with Crippen molar-refractivity contribution in [1.29, 1.82) is 0 Å². The number of H-pyrrole nitrogens is 2. The molecular formula is C22H33N5O5. The van der Waals surface area contributed by atoms with Crippen molar-refractivity contribution < 1.29 is 19.4 Å². The summed E-state index contributed by atoms with van der Waals surface area (Å²) in [4.78, 5) is 30.9. The third-order valence-corrected chi connectivity index (χ3v) is 5.25. The van der Waals surface area contributed by atoms with Gasteiger partial charge < -0.3 is 15.2 Å². The van der Waals surface area contributed by atoms with E-state index in [1.165, 1.54) is 50.9 Å². The SMILES string of the molecule is CC(=O)n1ccc(=O)[nH]1.CC1(CO)CC1.CC1(COc2ccn[nH]2)CC1.O=C1C=CNC1. The van der Waals surface area contributed by atoms with Gasteiger partial charge in [-0.25, -0.2) is 9.78 Å². The van der Waals surface area contributed by atoms with Crippen molar-refractivity contribution in [3.05, 3.63) is 47.2 Å². The van der Waals surface area contributed by atoms with Crippen LogP contribution in [-0.2, 0) is 4.79 Å². The van der Waals surface area contributed by atoms with Gasteiger partial charge in [-0.3, -0.25) is 19.5 Å². The quantitative estimate of drug-likeness (QED) is 0.560. The molecule has 0 aromatic carbocycles. The summed E-state index contributed by atoms with van der Waals surface area (Å²) < 4.78 is 6.58. The fourth-order valence-corrected chi connectivity index (χ4v) is 2.19. The Kier molecular flexibility index (Phi) is 9.01. The van der Waals surface area contributed by atoms with Gasteiger partial charge in [0.05, 0.1) is 19.3 Å². The Balaban J connectivity index is 0.000000157. The lowest BCUT2D eigenvalue weighted by atomic mass is 10.2. The van der Waals surface area contributed by atoms with Crippen LogP contribution in [0.3, 0.4) is 0 Å². The monoisotopic (exact) mass is 447 g/mol. The number of aromatic nitrogens is 4. The van der Waals surface area contributed by atoms with Gasteiger partial charge in [-0.1, -0.05) is 13.8 Å². The van der Waals surface area contributed by atoms with Crippen molar-refractivity contribution in [1.82, 2.24) is 25.3 Å². The Morgan fingerprint density at radius 1 is 1.19 bits per heavy atom. The van der Waals surface area contributed by atoms with Crippen molar-refractivity contribution in [2.75, 3.05) is 19.8 Å². The Morgan fingerprint density at radius 2 is 1.88 bits per heavy atom. The Morgan fingerprint density at radius 3 is 2.16 bits per heavy atom. The highest BCUT2D eigenvalue weighted by atomic mass is 16.5. The molecule has 2 aromatic rings. The van der Waals surface area contributed by atoms with Crippen molar-refractivity contribution in [3.8, 4) is 5.88 Å². The van der Waals surface area contributed by atoms with E-state index in [-0.39, 0.29) is 17.2 Å². The first-order chi connectivity index (χ1) is 15.1. The molecule has 2 fully saturated rings. The lowest BCUT2D eigenvalue weighted by Crippen LogP contribution is -2.10. The standard InChI is InChI=1S/C8H12N2O.C5H6N2O2.C5H10O.C4H5NO/c1-8(3-4-8)6-11-7-2-5-9-10-7;1-4(8)7-3-2-5(9)6-7;1-5(4-6)2-3-5;6-4-1-2-5-3-4/h2,5H,3-4,6H2,1H3,(H,9,10);2-3H,1H3,(H,6,9);6H,2-4H2,1H3;1-2,5H,3H2. The van der Waals surface area contributed by atoms with Gasteiger partial charge in [0.15, 0.2) is 5.78 Å². The number of carbonyl (C=O) groups is 2. The maximum atomic E-state index is 10.5. The number of hydrogen-bond acceptors (Lipinski definition) is 7. The maximum Gasteiger partial charge on any atom is 0.264 e. The number of nitrogens with zero attached hydrogens (tertiary/aromatic N) is 2. The number of aliphatic hydroxyl groups is 1. The predicted molar refractivity (Wildman–Crippen MR) is 119 cm³/mol. The van der Waals surface area contributed by atoms with E-state index in [1.54, 1.807) is 12.4 Å². The van der Waals surface area contributed by atoms with Crippen LogP contribution in [0.4, 0.5) is 0 Å². The van der Waals surface area contributed by atoms with Gasteiger partial charge >= 0.3 is 0 Å². The van der Waals surface area contributed by atoms with E-state index in [2.05, 4.69) is 34.5 Å². The number of aromatic amines is 2.